The van der Waals surface area contributed by atoms with Crippen molar-refractivity contribution in [3.8, 4) is 0 Å². The molecule has 0 unspecified atom stereocenters. The van der Waals surface area contributed by atoms with Crippen LogP contribution in [-0.2, 0) is 23.6 Å². The van der Waals surface area contributed by atoms with E-state index in [-0.39, 0.29) is 11.4 Å². The topological polar surface area (TPSA) is 64.0 Å². The van der Waals surface area contributed by atoms with Crippen LogP contribution in [-0.4, -0.2) is 18.2 Å². The second-order valence-corrected chi connectivity index (χ2v) is 7.25. The van der Waals surface area contributed by atoms with Crippen molar-refractivity contribution in [1.82, 2.24) is 14.5 Å². The van der Waals surface area contributed by atoms with E-state index in [0.717, 1.165) is 16.8 Å². The molecule has 0 aliphatic heterocycles. The van der Waals surface area contributed by atoms with Crippen LogP contribution in [0.25, 0.3) is 0 Å². The van der Waals surface area contributed by atoms with Crippen molar-refractivity contribution in [2.45, 2.75) is 32.2 Å². The minimum absolute atomic E-state index is 0.211. The highest BCUT2D eigenvalue weighted by Crippen LogP contribution is 2.24. The first kappa shape index (κ1) is 16.0. The van der Waals surface area contributed by atoms with Gasteiger partial charge < -0.3 is 0 Å². The van der Waals surface area contributed by atoms with Gasteiger partial charge in [-0.05, 0) is 44.0 Å². The molecule has 0 atom stereocenters. The summed E-state index contributed by atoms with van der Waals surface area (Å²) in [6, 6.07) is 3.26. The molecule has 2 aromatic rings. The predicted molar refractivity (Wildman–Crippen MR) is 82.9 cm³/mol. The summed E-state index contributed by atoms with van der Waals surface area (Å²) in [5.74, 6) is 0. The highest BCUT2D eigenvalue weighted by atomic mass is 35.5. The lowest BCUT2D eigenvalue weighted by atomic mass is 10.2. The lowest BCUT2D eigenvalue weighted by molar-refractivity contribution is 0.580. The molecular formula is C14H18ClN3O2S. The van der Waals surface area contributed by atoms with E-state index in [4.69, 9.17) is 11.6 Å². The normalized spacial score (nSPS) is 11.9. The second-order valence-electron chi connectivity index (χ2n) is 5.10. The van der Waals surface area contributed by atoms with E-state index in [1.54, 1.807) is 43.9 Å². The maximum absolute atomic E-state index is 12.4. The van der Waals surface area contributed by atoms with Crippen molar-refractivity contribution in [2.75, 3.05) is 0 Å². The van der Waals surface area contributed by atoms with Gasteiger partial charge in [0.05, 0.1) is 10.6 Å². The van der Waals surface area contributed by atoms with Crippen LogP contribution in [0, 0.1) is 20.8 Å². The van der Waals surface area contributed by atoms with Gasteiger partial charge in [-0.1, -0.05) is 11.6 Å². The van der Waals surface area contributed by atoms with Gasteiger partial charge >= 0.3 is 0 Å². The van der Waals surface area contributed by atoms with Gasteiger partial charge in [0.25, 0.3) is 0 Å². The number of hydrogen-bond acceptors (Lipinski definition) is 3. The fourth-order valence-corrected chi connectivity index (χ4v) is 3.65. The zero-order chi connectivity index (χ0) is 15.8. The molecule has 0 bridgehead atoms. The zero-order valence-electron chi connectivity index (χ0n) is 12.4. The fraction of sp³-hybridized carbons (Fsp3) is 0.357. The third-order valence-electron chi connectivity index (χ3n) is 3.31. The maximum atomic E-state index is 12.4. The molecule has 0 spiro atoms. The van der Waals surface area contributed by atoms with Gasteiger partial charge in [-0.25, -0.2) is 13.1 Å². The molecule has 1 aromatic heterocycles. The molecule has 0 saturated heterocycles. The molecule has 0 aliphatic rings. The van der Waals surface area contributed by atoms with E-state index in [1.165, 1.54) is 0 Å². The van der Waals surface area contributed by atoms with Crippen molar-refractivity contribution in [3.05, 3.63) is 45.7 Å². The molecule has 114 valence electrons. The number of sulfonamides is 1. The Morgan fingerprint density at radius 3 is 2.48 bits per heavy atom. The number of nitrogens with zero attached hydrogens (tertiary/aromatic N) is 2. The lowest BCUT2D eigenvalue weighted by Gasteiger charge is -2.11. The number of halogens is 1. The Morgan fingerprint density at radius 1 is 1.24 bits per heavy atom. The number of hydrogen-bond donors (Lipinski definition) is 1. The van der Waals surface area contributed by atoms with Crippen LogP contribution in [0.4, 0.5) is 0 Å². The summed E-state index contributed by atoms with van der Waals surface area (Å²) < 4.78 is 29.1. The molecule has 5 nitrogen and oxygen atoms in total. The molecule has 1 heterocycles. The quantitative estimate of drug-likeness (QED) is 0.938. The summed E-state index contributed by atoms with van der Waals surface area (Å²) in [6.45, 7) is 5.58. The first-order chi connectivity index (χ1) is 9.70. The van der Waals surface area contributed by atoms with Crippen molar-refractivity contribution in [1.29, 1.82) is 0 Å². The number of rotatable bonds is 4. The van der Waals surface area contributed by atoms with Crippen LogP contribution in [0.1, 0.15) is 22.4 Å². The Kier molecular flexibility index (Phi) is 4.41. The molecule has 0 saturated carbocycles. The van der Waals surface area contributed by atoms with Gasteiger partial charge in [-0.15, -0.1) is 0 Å². The Hall–Kier alpha value is -1.37. The summed E-state index contributed by atoms with van der Waals surface area (Å²) in [5.41, 5.74) is 3.02. The monoisotopic (exact) mass is 327 g/mol. The van der Waals surface area contributed by atoms with Crippen LogP contribution < -0.4 is 4.72 Å². The SMILES string of the molecule is Cc1cc(S(=O)(=O)NCc2cn(C)nc2C)c(C)cc1Cl. The molecule has 1 aromatic carbocycles. The van der Waals surface area contributed by atoms with Gasteiger partial charge in [0.2, 0.25) is 10.0 Å². The Bertz CT molecular complexity index is 782. The summed E-state index contributed by atoms with van der Waals surface area (Å²) in [7, 11) is -1.78. The van der Waals surface area contributed by atoms with Crippen molar-refractivity contribution in [3.63, 3.8) is 0 Å². The average Bonchev–Trinajstić information content (AvgIpc) is 2.70. The van der Waals surface area contributed by atoms with Crippen LogP contribution in [0.2, 0.25) is 5.02 Å². The minimum Gasteiger partial charge on any atom is -0.275 e. The van der Waals surface area contributed by atoms with E-state index in [9.17, 15) is 8.42 Å². The van der Waals surface area contributed by atoms with E-state index >= 15 is 0 Å². The molecule has 1 N–H and O–H groups in total. The molecule has 0 amide bonds. The Morgan fingerprint density at radius 2 is 1.90 bits per heavy atom. The largest absolute Gasteiger partial charge is 0.275 e. The van der Waals surface area contributed by atoms with Crippen molar-refractivity contribution in [2.24, 2.45) is 7.05 Å². The molecule has 21 heavy (non-hydrogen) atoms. The standard InChI is InChI=1S/C14H18ClN3O2S/c1-9-6-14(10(2)5-13(9)15)21(19,20)16-7-12-8-18(4)17-11(12)3/h5-6,8,16H,7H2,1-4H3. The second kappa shape index (κ2) is 5.79. The van der Waals surface area contributed by atoms with E-state index in [2.05, 4.69) is 9.82 Å². The molecule has 0 fully saturated rings. The van der Waals surface area contributed by atoms with Gasteiger partial charge in [0, 0.05) is 30.4 Å². The van der Waals surface area contributed by atoms with Crippen LogP contribution in [0.3, 0.4) is 0 Å². The molecule has 0 radical (unpaired) electrons. The molecule has 0 aliphatic carbocycles. The van der Waals surface area contributed by atoms with Gasteiger partial charge in [0.1, 0.15) is 0 Å². The molecule has 7 heteroatoms. The van der Waals surface area contributed by atoms with Crippen molar-refractivity contribution >= 4 is 21.6 Å². The Balaban J connectivity index is 2.27. The van der Waals surface area contributed by atoms with Gasteiger partial charge in [0.15, 0.2) is 0 Å². The number of aromatic nitrogens is 2. The first-order valence-corrected chi connectivity index (χ1v) is 8.32. The zero-order valence-corrected chi connectivity index (χ0v) is 14.0. The third-order valence-corrected chi connectivity index (χ3v) is 5.26. The minimum atomic E-state index is -3.58. The summed E-state index contributed by atoms with van der Waals surface area (Å²) >= 11 is 6.01. The van der Waals surface area contributed by atoms with Gasteiger partial charge in [-0.2, -0.15) is 5.10 Å². The fourth-order valence-electron chi connectivity index (χ4n) is 2.12. The number of aryl methyl sites for hydroxylation is 4. The van der Waals surface area contributed by atoms with Crippen LogP contribution in [0.5, 0.6) is 0 Å². The highest BCUT2D eigenvalue weighted by molar-refractivity contribution is 7.89. The smallest absolute Gasteiger partial charge is 0.241 e. The lowest BCUT2D eigenvalue weighted by Crippen LogP contribution is -2.24. The Labute approximate surface area is 130 Å². The van der Waals surface area contributed by atoms with Crippen LogP contribution >= 0.6 is 11.6 Å². The maximum Gasteiger partial charge on any atom is 0.241 e. The third kappa shape index (κ3) is 3.45. The van der Waals surface area contributed by atoms with E-state index in [1.807, 2.05) is 6.92 Å². The number of nitrogens with one attached hydrogen (secondary N) is 1. The van der Waals surface area contributed by atoms with E-state index < -0.39 is 10.0 Å². The molecular weight excluding hydrogens is 310 g/mol. The summed E-state index contributed by atoms with van der Waals surface area (Å²) in [5, 5.41) is 4.76. The molecule has 2 rings (SSSR count). The van der Waals surface area contributed by atoms with E-state index in [0.29, 0.717) is 10.6 Å². The highest BCUT2D eigenvalue weighted by Gasteiger charge is 2.18. The van der Waals surface area contributed by atoms with Crippen molar-refractivity contribution < 1.29 is 8.42 Å². The number of benzene rings is 1. The van der Waals surface area contributed by atoms with Gasteiger partial charge in [-0.3, -0.25) is 4.68 Å². The summed E-state index contributed by atoms with van der Waals surface area (Å²) in [6.07, 6.45) is 1.80. The van der Waals surface area contributed by atoms with Crippen LogP contribution in [0.15, 0.2) is 23.2 Å². The first-order valence-electron chi connectivity index (χ1n) is 6.46. The predicted octanol–water partition coefficient (Wildman–Crippen LogP) is 2.48. The summed E-state index contributed by atoms with van der Waals surface area (Å²) in [4.78, 5) is 0.256. The average molecular weight is 328 g/mol.